The maximum atomic E-state index is 12.4. The summed E-state index contributed by atoms with van der Waals surface area (Å²) in [7, 11) is 0. The SMILES string of the molecule is O=C1N=C(N2CCOCC2)SC1=Cc1ccc(N2CCC(NC[C@H](O)COc3ccc(O)cc3)CC2)cc1. The van der Waals surface area contributed by atoms with Gasteiger partial charge >= 0.3 is 0 Å². The molecule has 1 amide bonds. The molecule has 9 nitrogen and oxygen atoms in total. The number of amidine groups is 1. The number of piperidine rings is 1. The minimum atomic E-state index is -0.608. The number of aliphatic hydroxyl groups is 1. The number of phenols is 1. The Balaban J connectivity index is 1.04. The maximum absolute atomic E-state index is 12.4. The number of thioether (sulfide) groups is 1. The van der Waals surface area contributed by atoms with Crippen LogP contribution in [-0.4, -0.2) is 90.9 Å². The van der Waals surface area contributed by atoms with Gasteiger partial charge in [-0.1, -0.05) is 12.1 Å². The Morgan fingerprint density at radius 3 is 2.47 bits per heavy atom. The van der Waals surface area contributed by atoms with E-state index in [4.69, 9.17) is 9.47 Å². The number of anilines is 1. The zero-order chi connectivity index (χ0) is 26.3. The van der Waals surface area contributed by atoms with Gasteiger partial charge in [0.2, 0.25) is 0 Å². The lowest BCUT2D eigenvalue weighted by Crippen LogP contribution is -2.45. The van der Waals surface area contributed by atoms with E-state index in [1.54, 1.807) is 24.3 Å². The van der Waals surface area contributed by atoms with Crippen molar-refractivity contribution < 1.29 is 24.5 Å². The molecule has 3 aliphatic rings. The fourth-order valence-electron chi connectivity index (χ4n) is 4.66. The van der Waals surface area contributed by atoms with Crippen LogP contribution in [0.15, 0.2) is 58.4 Å². The number of phenolic OH excluding ortho intramolecular Hbond substituents is 1. The fraction of sp³-hybridized carbons (Fsp3) is 0.429. The van der Waals surface area contributed by atoms with Gasteiger partial charge in [0.05, 0.1) is 18.1 Å². The van der Waals surface area contributed by atoms with Crippen LogP contribution in [0, 0.1) is 0 Å². The van der Waals surface area contributed by atoms with Crippen LogP contribution in [0.2, 0.25) is 0 Å². The molecule has 2 saturated heterocycles. The number of ether oxygens (including phenoxy) is 2. The van der Waals surface area contributed by atoms with E-state index in [-0.39, 0.29) is 18.3 Å². The highest BCUT2D eigenvalue weighted by atomic mass is 32.2. The Morgan fingerprint density at radius 1 is 1.05 bits per heavy atom. The number of morpholine rings is 1. The number of aliphatic hydroxyl groups excluding tert-OH is 1. The molecular formula is C28H34N4O5S. The van der Waals surface area contributed by atoms with Crippen LogP contribution in [0.25, 0.3) is 6.08 Å². The topological polar surface area (TPSA) is 107 Å². The molecule has 38 heavy (non-hydrogen) atoms. The van der Waals surface area contributed by atoms with Crippen LogP contribution >= 0.6 is 11.8 Å². The lowest BCUT2D eigenvalue weighted by atomic mass is 10.0. The molecule has 3 N–H and O–H groups in total. The van der Waals surface area contributed by atoms with Gasteiger partial charge in [0.25, 0.3) is 5.91 Å². The Labute approximate surface area is 227 Å². The van der Waals surface area contributed by atoms with Gasteiger partial charge in [0.15, 0.2) is 5.17 Å². The van der Waals surface area contributed by atoms with Crippen molar-refractivity contribution in [1.82, 2.24) is 10.2 Å². The summed E-state index contributed by atoms with van der Waals surface area (Å²) in [6.45, 7) is 5.41. The number of carbonyl (C=O) groups is 1. The third-order valence-corrected chi connectivity index (χ3v) is 7.91. The molecule has 5 rings (SSSR count). The zero-order valence-electron chi connectivity index (χ0n) is 21.3. The number of hydrogen-bond acceptors (Lipinski definition) is 9. The van der Waals surface area contributed by atoms with E-state index in [9.17, 15) is 15.0 Å². The minimum Gasteiger partial charge on any atom is -0.508 e. The number of carbonyl (C=O) groups excluding carboxylic acids is 1. The van der Waals surface area contributed by atoms with Crippen molar-refractivity contribution >= 4 is 34.6 Å². The highest BCUT2D eigenvalue weighted by Gasteiger charge is 2.27. The summed E-state index contributed by atoms with van der Waals surface area (Å²) in [4.78, 5) is 21.8. The van der Waals surface area contributed by atoms with Crippen LogP contribution in [0.3, 0.4) is 0 Å². The number of benzene rings is 2. The van der Waals surface area contributed by atoms with Crippen LogP contribution < -0.4 is 15.0 Å². The Hall–Kier alpha value is -3.05. The molecular weight excluding hydrogens is 504 g/mol. The average molecular weight is 539 g/mol. The Morgan fingerprint density at radius 2 is 1.76 bits per heavy atom. The second kappa shape index (κ2) is 12.7. The molecule has 0 bridgehead atoms. The smallest absolute Gasteiger partial charge is 0.286 e. The van der Waals surface area contributed by atoms with Gasteiger partial charge in [0, 0.05) is 44.5 Å². The molecule has 0 aromatic heterocycles. The van der Waals surface area contributed by atoms with Gasteiger partial charge in [-0.25, -0.2) is 0 Å². The largest absolute Gasteiger partial charge is 0.508 e. The molecule has 3 aliphatic heterocycles. The number of nitrogens with zero attached hydrogens (tertiary/aromatic N) is 3. The van der Waals surface area contributed by atoms with Crippen molar-refractivity contribution in [3.05, 3.63) is 59.0 Å². The summed E-state index contributed by atoms with van der Waals surface area (Å²) in [6.07, 6.45) is 3.29. The Bertz CT molecular complexity index is 1140. The molecule has 1 atom stereocenters. The lowest BCUT2D eigenvalue weighted by molar-refractivity contribution is -0.113. The van der Waals surface area contributed by atoms with Gasteiger partial charge in [0.1, 0.15) is 24.2 Å². The summed E-state index contributed by atoms with van der Waals surface area (Å²) >= 11 is 1.44. The molecule has 202 valence electrons. The summed E-state index contributed by atoms with van der Waals surface area (Å²) < 4.78 is 11.0. The van der Waals surface area contributed by atoms with Crippen molar-refractivity contribution in [3.63, 3.8) is 0 Å². The molecule has 2 fully saturated rings. The first-order valence-corrected chi connectivity index (χ1v) is 13.9. The predicted molar refractivity (Wildman–Crippen MR) is 150 cm³/mol. The molecule has 0 aliphatic carbocycles. The second-order valence-electron chi connectivity index (χ2n) is 9.63. The van der Waals surface area contributed by atoms with E-state index in [2.05, 4.69) is 44.4 Å². The number of hydrogen-bond donors (Lipinski definition) is 3. The Kier molecular flexibility index (Phi) is 8.85. The monoisotopic (exact) mass is 538 g/mol. The fourth-order valence-corrected chi connectivity index (χ4v) is 5.62. The molecule has 0 unspecified atom stereocenters. The van der Waals surface area contributed by atoms with E-state index in [0.717, 1.165) is 49.8 Å². The summed E-state index contributed by atoms with van der Waals surface area (Å²) in [5.74, 6) is 0.636. The number of aliphatic imine (C=N–C) groups is 1. The minimum absolute atomic E-state index is 0.174. The van der Waals surface area contributed by atoms with Gasteiger partial charge in [-0.3, -0.25) is 4.79 Å². The lowest BCUT2D eigenvalue weighted by Gasteiger charge is -2.34. The van der Waals surface area contributed by atoms with Crippen LogP contribution in [0.5, 0.6) is 11.5 Å². The third kappa shape index (κ3) is 7.08. The highest BCUT2D eigenvalue weighted by molar-refractivity contribution is 8.18. The number of nitrogens with one attached hydrogen (secondary N) is 1. The molecule has 0 radical (unpaired) electrons. The standard InChI is InChI=1S/C28H34N4O5S/c33-23-5-7-25(8-6-23)37-19-24(34)18-29-21-9-11-31(12-10-21)22-3-1-20(2-4-22)17-26-27(35)30-28(38-26)32-13-15-36-16-14-32/h1-8,17,21,24,29,33-34H,9-16,18-19H2/t24-/m0/s1. The maximum Gasteiger partial charge on any atom is 0.286 e. The number of aromatic hydroxyl groups is 1. The second-order valence-corrected chi connectivity index (χ2v) is 10.6. The quantitative estimate of drug-likeness (QED) is 0.438. The molecule has 2 aromatic rings. The first kappa shape index (κ1) is 26.6. The summed E-state index contributed by atoms with van der Waals surface area (Å²) in [5, 5.41) is 23.8. The van der Waals surface area contributed by atoms with Gasteiger partial charge in [-0.05, 0) is 72.6 Å². The van der Waals surface area contributed by atoms with Gasteiger partial charge in [-0.15, -0.1) is 0 Å². The first-order valence-electron chi connectivity index (χ1n) is 13.1. The summed E-state index contributed by atoms with van der Waals surface area (Å²) in [6, 6.07) is 15.2. The van der Waals surface area contributed by atoms with Crippen molar-refractivity contribution in [3.8, 4) is 11.5 Å². The van der Waals surface area contributed by atoms with E-state index < -0.39 is 6.10 Å². The molecule has 2 aromatic carbocycles. The predicted octanol–water partition coefficient (Wildman–Crippen LogP) is 2.69. The first-order chi connectivity index (χ1) is 18.5. The normalized spacial score (nSPS) is 20.6. The van der Waals surface area contributed by atoms with Crippen LogP contribution in [-0.2, 0) is 9.53 Å². The highest BCUT2D eigenvalue weighted by Crippen LogP contribution is 2.31. The third-order valence-electron chi connectivity index (χ3n) is 6.86. The number of amides is 1. The van der Waals surface area contributed by atoms with Gasteiger partial charge < -0.3 is 34.8 Å². The van der Waals surface area contributed by atoms with Crippen molar-refractivity contribution in [2.24, 2.45) is 4.99 Å². The van der Waals surface area contributed by atoms with Crippen LogP contribution in [0.1, 0.15) is 18.4 Å². The van der Waals surface area contributed by atoms with Crippen molar-refractivity contribution in [1.29, 1.82) is 0 Å². The van der Waals surface area contributed by atoms with Crippen molar-refractivity contribution in [2.45, 2.75) is 25.0 Å². The summed E-state index contributed by atoms with van der Waals surface area (Å²) in [5.41, 5.74) is 2.16. The molecule has 3 heterocycles. The van der Waals surface area contributed by atoms with E-state index in [1.807, 2.05) is 6.08 Å². The van der Waals surface area contributed by atoms with E-state index in [0.29, 0.717) is 36.5 Å². The van der Waals surface area contributed by atoms with E-state index in [1.165, 1.54) is 17.4 Å². The molecule has 10 heteroatoms. The zero-order valence-corrected chi connectivity index (χ0v) is 22.1. The molecule has 0 saturated carbocycles. The van der Waals surface area contributed by atoms with Gasteiger partial charge in [-0.2, -0.15) is 4.99 Å². The average Bonchev–Trinajstić information content (AvgIpc) is 3.32. The van der Waals surface area contributed by atoms with E-state index >= 15 is 0 Å². The molecule has 0 spiro atoms. The van der Waals surface area contributed by atoms with Crippen molar-refractivity contribution in [2.75, 3.05) is 57.4 Å². The number of rotatable bonds is 8. The van der Waals surface area contributed by atoms with Crippen LogP contribution in [0.4, 0.5) is 5.69 Å².